The van der Waals surface area contributed by atoms with Crippen molar-refractivity contribution in [1.29, 1.82) is 0 Å². The Hall–Kier alpha value is -2.47. The number of benzene rings is 2. The van der Waals surface area contributed by atoms with E-state index in [1.807, 2.05) is 30.3 Å². The standard InChI is InChI=1S/C15H15FN2O3/c16-13-6-7-14(18(20)21)15(10-13)17(8-9-19)11-12-4-2-1-3-5-12/h1-7,10,19H,8-9,11H2. The highest BCUT2D eigenvalue weighted by Crippen LogP contribution is 2.29. The van der Waals surface area contributed by atoms with Gasteiger partial charge in [0, 0.05) is 25.2 Å². The lowest BCUT2D eigenvalue weighted by atomic mass is 10.1. The van der Waals surface area contributed by atoms with Crippen LogP contribution in [0, 0.1) is 15.9 Å². The van der Waals surface area contributed by atoms with E-state index in [-0.39, 0.29) is 24.5 Å². The fraction of sp³-hybridized carbons (Fsp3) is 0.200. The van der Waals surface area contributed by atoms with Gasteiger partial charge in [-0.05, 0) is 11.6 Å². The SMILES string of the molecule is O=[N+]([O-])c1ccc(F)cc1N(CCO)Cc1ccccc1. The Morgan fingerprint density at radius 1 is 1.19 bits per heavy atom. The van der Waals surface area contributed by atoms with Crippen molar-refractivity contribution in [2.24, 2.45) is 0 Å². The summed E-state index contributed by atoms with van der Waals surface area (Å²) < 4.78 is 13.4. The number of rotatable bonds is 6. The minimum absolute atomic E-state index is 0.165. The predicted molar refractivity (Wildman–Crippen MR) is 77.6 cm³/mol. The molecule has 0 amide bonds. The van der Waals surface area contributed by atoms with Gasteiger partial charge in [-0.25, -0.2) is 4.39 Å². The number of nitrogens with zero attached hydrogens (tertiary/aromatic N) is 2. The van der Waals surface area contributed by atoms with Gasteiger partial charge in [0.05, 0.1) is 11.5 Å². The lowest BCUT2D eigenvalue weighted by Crippen LogP contribution is -2.27. The van der Waals surface area contributed by atoms with Gasteiger partial charge in [-0.2, -0.15) is 0 Å². The first-order valence-electron chi connectivity index (χ1n) is 6.45. The van der Waals surface area contributed by atoms with E-state index >= 15 is 0 Å². The van der Waals surface area contributed by atoms with Crippen LogP contribution >= 0.6 is 0 Å². The second-order valence-electron chi connectivity index (χ2n) is 4.52. The topological polar surface area (TPSA) is 66.6 Å². The maximum absolute atomic E-state index is 13.4. The number of halogens is 1. The average Bonchev–Trinajstić information content (AvgIpc) is 2.47. The molecule has 0 fully saturated rings. The van der Waals surface area contributed by atoms with Crippen molar-refractivity contribution < 1.29 is 14.4 Å². The maximum atomic E-state index is 13.4. The zero-order chi connectivity index (χ0) is 15.2. The second-order valence-corrected chi connectivity index (χ2v) is 4.52. The number of anilines is 1. The molecular formula is C15H15FN2O3. The Bertz CT molecular complexity index is 620. The van der Waals surface area contributed by atoms with E-state index in [1.165, 1.54) is 0 Å². The van der Waals surface area contributed by atoms with Crippen LogP contribution < -0.4 is 4.90 Å². The number of hydrogen-bond donors (Lipinski definition) is 1. The molecule has 2 aromatic carbocycles. The first kappa shape index (κ1) is 14.9. The first-order chi connectivity index (χ1) is 10.1. The van der Waals surface area contributed by atoms with Gasteiger partial charge in [0.2, 0.25) is 0 Å². The maximum Gasteiger partial charge on any atom is 0.292 e. The van der Waals surface area contributed by atoms with Crippen LogP contribution in [-0.2, 0) is 6.54 Å². The Morgan fingerprint density at radius 3 is 2.52 bits per heavy atom. The van der Waals surface area contributed by atoms with E-state index in [0.29, 0.717) is 6.54 Å². The number of aliphatic hydroxyl groups excluding tert-OH is 1. The van der Waals surface area contributed by atoms with Crippen molar-refractivity contribution in [1.82, 2.24) is 0 Å². The van der Waals surface area contributed by atoms with Crippen LogP contribution in [0.2, 0.25) is 0 Å². The van der Waals surface area contributed by atoms with Crippen LogP contribution in [0.25, 0.3) is 0 Å². The third-order valence-corrected chi connectivity index (χ3v) is 3.06. The van der Waals surface area contributed by atoms with E-state index in [9.17, 15) is 14.5 Å². The lowest BCUT2D eigenvalue weighted by Gasteiger charge is -2.23. The molecule has 0 bridgehead atoms. The van der Waals surface area contributed by atoms with Gasteiger partial charge >= 0.3 is 0 Å². The Balaban J connectivity index is 2.37. The highest BCUT2D eigenvalue weighted by Gasteiger charge is 2.20. The molecule has 5 nitrogen and oxygen atoms in total. The van der Waals surface area contributed by atoms with E-state index < -0.39 is 10.7 Å². The molecule has 0 saturated carbocycles. The molecule has 2 rings (SSSR count). The molecule has 0 heterocycles. The summed E-state index contributed by atoms with van der Waals surface area (Å²) in [7, 11) is 0. The Morgan fingerprint density at radius 2 is 1.90 bits per heavy atom. The van der Waals surface area contributed by atoms with Gasteiger partial charge in [0.1, 0.15) is 11.5 Å². The molecule has 0 aromatic heterocycles. The molecular weight excluding hydrogens is 275 g/mol. The van der Waals surface area contributed by atoms with E-state index in [2.05, 4.69) is 0 Å². The molecule has 0 aliphatic rings. The zero-order valence-corrected chi connectivity index (χ0v) is 11.3. The van der Waals surface area contributed by atoms with Crippen molar-refractivity contribution in [3.63, 3.8) is 0 Å². The van der Waals surface area contributed by atoms with Crippen LogP contribution in [-0.4, -0.2) is 23.2 Å². The summed E-state index contributed by atoms with van der Waals surface area (Å²) in [6.07, 6.45) is 0. The summed E-state index contributed by atoms with van der Waals surface area (Å²) >= 11 is 0. The van der Waals surface area contributed by atoms with Crippen LogP contribution in [0.5, 0.6) is 0 Å². The average molecular weight is 290 g/mol. The minimum Gasteiger partial charge on any atom is -0.395 e. The highest BCUT2D eigenvalue weighted by atomic mass is 19.1. The molecule has 1 N–H and O–H groups in total. The third-order valence-electron chi connectivity index (χ3n) is 3.06. The summed E-state index contributed by atoms with van der Waals surface area (Å²) in [4.78, 5) is 12.1. The minimum atomic E-state index is -0.551. The molecule has 0 spiro atoms. The number of nitro benzene ring substituents is 1. The molecule has 110 valence electrons. The van der Waals surface area contributed by atoms with Crippen molar-refractivity contribution in [2.75, 3.05) is 18.1 Å². The van der Waals surface area contributed by atoms with Crippen molar-refractivity contribution in [3.8, 4) is 0 Å². The van der Waals surface area contributed by atoms with Crippen molar-refractivity contribution in [3.05, 3.63) is 70.0 Å². The van der Waals surface area contributed by atoms with Gasteiger partial charge in [-0.1, -0.05) is 30.3 Å². The smallest absolute Gasteiger partial charge is 0.292 e. The number of hydrogen-bond acceptors (Lipinski definition) is 4. The van der Waals surface area contributed by atoms with Gasteiger partial charge < -0.3 is 10.0 Å². The zero-order valence-electron chi connectivity index (χ0n) is 11.3. The lowest BCUT2D eigenvalue weighted by molar-refractivity contribution is -0.384. The monoisotopic (exact) mass is 290 g/mol. The molecule has 2 aromatic rings. The molecule has 0 unspecified atom stereocenters. The van der Waals surface area contributed by atoms with E-state index in [0.717, 1.165) is 23.8 Å². The Kier molecular flexibility index (Phi) is 4.84. The fourth-order valence-corrected chi connectivity index (χ4v) is 2.11. The summed E-state index contributed by atoms with van der Waals surface area (Å²) in [5, 5.41) is 20.3. The predicted octanol–water partition coefficient (Wildman–Crippen LogP) is 2.73. The highest BCUT2D eigenvalue weighted by molar-refractivity contribution is 5.63. The summed E-state index contributed by atoms with van der Waals surface area (Å²) in [6.45, 7) is 0.353. The Labute approximate surface area is 121 Å². The van der Waals surface area contributed by atoms with Gasteiger partial charge in [0.15, 0.2) is 0 Å². The molecule has 0 atom stereocenters. The molecule has 0 aliphatic heterocycles. The van der Waals surface area contributed by atoms with E-state index in [1.54, 1.807) is 4.90 Å². The van der Waals surface area contributed by atoms with Gasteiger partial charge in [0.25, 0.3) is 5.69 Å². The van der Waals surface area contributed by atoms with Gasteiger partial charge in [-0.15, -0.1) is 0 Å². The summed E-state index contributed by atoms with van der Waals surface area (Å²) in [6, 6.07) is 12.6. The summed E-state index contributed by atoms with van der Waals surface area (Å²) in [5.41, 5.74) is 0.906. The second kappa shape index (κ2) is 6.81. The van der Waals surface area contributed by atoms with Crippen LogP contribution in [0.3, 0.4) is 0 Å². The van der Waals surface area contributed by atoms with Crippen LogP contribution in [0.1, 0.15) is 5.56 Å². The molecule has 0 radical (unpaired) electrons. The van der Waals surface area contributed by atoms with Crippen LogP contribution in [0.15, 0.2) is 48.5 Å². The van der Waals surface area contributed by atoms with E-state index in [4.69, 9.17) is 5.11 Å². The van der Waals surface area contributed by atoms with Crippen LogP contribution in [0.4, 0.5) is 15.8 Å². The normalized spacial score (nSPS) is 10.4. The quantitative estimate of drug-likeness (QED) is 0.656. The summed E-state index contributed by atoms with van der Waals surface area (Å²) in [5.74, 6) is -0.549. The first-order valence-corrected chi connectivity index (χ1v) is 6.45. The van der Waals surface area contributed by atoms with Crippen molar-refractivity contribution in [2.45, 2.75) is 6.54 Å². The number of nitro groups is 1. The number of aliphatic hydroxyl groups is 1. The molecule has 6 heteroatoms. The molecule has 0 aliphatic carbocycles. The third kappa shape index (κ3) is 3.76. The fourth-order valence-electron chi connectivity index (χ4n) is 2.11. The largest absolute Gasteiger partial charge is 0.395 e. The van der Waals surface area contributed by atoms with Gasteiger partial charge in [-0.3, -0.25) is 10.1 Å². The molecule has 21 heavy (non-hydrogen) atoms. The molecule has 0 saturated heterocycles. The van der Waals surface area contributed by atoms with Crippen molar-refractivity contribution >= 4 is 11.4 Å².